The average Bonchev–Trinajstić information content (AvgIpc) is 2.91. The lowest BCUT2D eigenvalue weighted by atomic mass is 10.1. The molecule has 0 saturated carbocycles. The average molecular weight is 289 g/mol. The number of hydrogen-bond acceptors (Lipinski definition) is 3. The van der Waals surface area contributed by atoms with Gasteiger partial charge >= 0.3 is 0 Å². The van der Waals surface area contributed by atoms with Crippen molar-refractivity contribution in [1.82, 2.24) is 4.90 Å². The number of likely N-dealkylation sites (tertiary alicyclic amines) is 1. The van der Waals surface area contributed by atoms with Crippen LogP contribution in [0.3, 0.4) is 0 Å². The molecule has 1 fully saturated rings. The molecule has 1 aliphatic rings. The number of carbonyl (C=O) groups is 2. The highest BCUT2D eigenvalue weighted by molar-refractivity contribution is 5.99. The molecule has 1 aromatic rings. The second-order valence-electron chi connectivity index (χ2n) is 5.44. The van der Waals surface area contributed by atoms with Crippen molar-refractivity contribution in [2.45, 2.75) is 39.7 Å². The van der Waals surface area contributed by atoms with Gasteiger partial charge in [-0.25, -0.2) is 0 Å². The lowest BCUT2D eigenvalue weighted by molar-refractivity contribution is -0.134. The molecule has 2 amide bonds. The quantitative estimate of drug-likeness (QED) is 0.894. The summed E-state index contributed by atoms with van der Waals surface area (Å²) in [5, 5.41) is 6.21. The normalized spacial score (nSPS) is 17.7. The molecule has 1 heterocycles. The zero-order chi connectivity index (χ0) is 15.4. The van der Waals surface area contributed by atoms with Crippen molar-refractivity contribution < 1.29 is 9.59 Å². The summed E-state index contributed by atoms with van der Waals surface area (Å²) < 4.78 is 0. The first-order chi connectivity index (χ1) is 10.0. The Morgan fingerprint density at radius 1 is 1.33 bits per heavy atom. The Morgan fingerprint density at radius 2 is 2.10 bits per heavy atom. The molecule has 5 nitrogen and oxygen atoms in total. The Bertz CT molecular complexity index is 542. The monoisotopic (exact) mass is 289 g/mol. The highest BCUT2D eigenvalue weighted by atomic mass is 16.2. The number of amides is 2. The Kier molecular flexibility index (Phi) is 4.83. The fourth-order valence-corrected chi connectivity index (χ4v) is 2.74. The minimum Gasteiger partial charge on any atom is -0.384 e. The molecular formula is C16H23N3O2. The molecule has 0 aliphatic carbocycles. The van der Waals surface area contributed by atoms with Crippen LogP contribution in [0.4, 0.5) is 11.4 Å². The molecule has 0 radical (unpaired) electrons. The molecular weight excluding hydrogens is 266 g/mol. The molecule has 2 N–H and O–H groups in total. The number of anilines is 2. The van der Waals surface area contributed by atoms with Crippen LogP contribution in [0.15, 0.2) is 18.2 Å². The van der Waals surface area contributed by atoms with Crippen LogP contribution in [0.2, 0.25) is 0 Å². The molecule has 1 aliphatic heterocycles. The Labute approximate surface area is 125 Å². The van der Waals surface area contributed by atoms with Crippen molar-refractivity contribution in [3.63, 3.8) is 0 Å². The van der Waals surface area contributed by atoms with Gasteiger partial charge in [0, 0.05) is 20.0 Å². The van der Waals surface area contributed by atoms with E-state index in [1.165, 1.54) is 6.92 Å². The molecule has 0 aromatic heterocycles. The van der Waals surface area contributed by atoms with Gasteiger partial charge < -0.3 is 15.5 Å². The second kappa shape index (κ2) is 6.61. The minimum absolute atomic E-state index is 0.0385. The molecule has 2 rings (SSSR count). The zero-order valence-electron chi connectivity index (χ0n) is 12.9. The predicted molar refractivity (Wildman–Crippen MR) is 84.4 cm³/mol. The van der Waals surface area contributed by atoms with Crippen LogP contribution in [-0.4, -0.2) is 35.8 Å². The fourth-order valence-electron chi connectivity index (χ4n) is 2.74. The maximum atomic E-state index is 12.4. The van der Waals surface area contributed by atoms with Crippen LogP contribution in [0, 0.1) is 6.92 Å². The van der Waals surface area contributed by atoms with Crippen molar-refractivity contribution in [1.29, 1.82) is 0 Å². The van der Waals surface area contributed by atoms with Gasteiger partial charge in [-0.05, 0) is 44.4 Å². The zero-order valence-corrected chi connectivity index (χ0v) is 12.9. The first-order valence-electron chi connectivity index (χ1n) is 7.45. The van der Waals surface area contributed by atoms with Crippen LogP contribution >= 0.6 is 0 Å². The van der Waals surface area contributed by atoms with Gasteiger partial charge in [-0.2, -0.15) is 0 Å². The summed E-state index contributed by atoms with van der Waals surface area (Å²) in [7, 11) is 0. The van der Waals surface area contributed by atoms with E-state index in [1.807, 2.05) is 32.0 Å². The number of aryl methyl sites for hydroxylation is 1. The maximum Gasteiger partial charge on any atom is 0.247 e. The minimum atomic E-state index is -0.349. The van der Waals surface area contributed by atoms with Crippen molar-refractivity contribution in [3.8, 4) is 0 Å². The van der Waals surface area contributed by atoms with E-state index < -0.39 is 0 Å². The summed E-state index contributed by atoms with van der Waals surface area (Å²) in [6.07, 6.45) is 1.61. The van der Waals surface area contributed by atoms with Gasteiger partial charge in [0.1, 0.15) is 6.04 Å². The van der Waals surface area contributed by atoms with E-state index in [2.05, 4.69) is 10.6 Å². The van der Waals surface area contributed by atoms with Crippen LogP contribution < -0.4 is 10.6 Å². The summed E-state index contributed by atoms with van der Waals surface area (Å²) in [5.41, 5.74) is 2.82. The third-order valence-electron chi connectivity index (χ3n) is 3.76. The first kappa shape index (κ1) is 15.4. The Hall–Kier alpha value is -2.04. The lowest BCUT2D eigenvalue weighted by Gasteiger charge is -2.23. The first-order valence-corrected chi connectivity index (χ1v) is 7.45. The van der Waals surface area contributed by atoms with Crippen LogP contribution in [0.1, 0.15) is 32.3 Å². The van der Waals surface area contributed by atoms with E-state index in [9.17, 15) is 9.59 Å². The van der Waals surface area contributed by atoms with Gasteiger partial charge in [-0.1, -0.05) is 6.07 Å². The van der Waals surface area contributed by atoms with Gasteiger partial charge in [0.05, 0.1) is 11.4 Å². The number of rotatable bonds is 4. The van der Waals surface area contributed by atoms with Crippen LogP contribution in [-0.2, 0) is 9.59 Å². The van der Waals surface area contributed by atoms with Crippen molar-refractivity contribution in [2.75, 3.05) is 23.7 Å². The molecule has 0 bridgehead atoms. The van der Waals surface area contributed by atoms with Gasteiger partial charge in [-0.3, -0.25) is 9.59 Å². The fraction of sp³-hybridized carbons (Fsp3) is 0.500. The molecule has 114 valence electrons. The van der Waals surface area contributed by atoms with Gasteiger partial charge in [0.15, 0.2) is 0 Å². The highest BCUT2D eigenvalue weighted by Gasteiger charge is 2.32. The number of hydrogen-bond donors (Lipinski definition) is 2. The standard InChI is InChI=1S/C16H23N3O2/c1-4-17-14-10-11(2)7-8-13(14)18-16(21)15-6-5-9-19(15)12(3)20/h7-8,10,15,17H,4-6,9H2,1-3H3,(H,18,21)/t15-/m0/s1. The van der Waals surface area contributed by atoms with E-state index >= 15 is 0 Å². The molecule has 1 atom stereocenters. The van der Waals surface area contributed by atoms with Crippen molar-refractivity contribution in [3.05, 3.63) is 23.8 Å². The largest absolute Gasteiger partial charge is 0.384 e. The molecule has 1 aromatic carbocycles. The smallest absolute Gasteiger partial charge is 0.247 e. The van der Waals surface area contributed by atoms with E-state index in [0.29, 0.717) is 6.54 Å². The van der Waals surface area contributed by atoms with Crippen LogP contribution in [0.5, 0.6) is 0 Å². The van der Waals surface area contributed by atoms with Gasteiger partial charge in [0.2, 0.25) is 11.8 Å². The number of nitrogens with zero attached hydrogens (tertiary/aromatic N) is 1. The molecule has 1 saturated heterocycles. The van der Waals surface area contributed by atoms with Gasteiger partial charge in [-0.15, -0.1) is 0 Å². The number of carbonyl (C=O) groups excluding carboxylic acids is 2. The molecule has 5 heteroatoms. The highest BCUT2D eigenvalue weighted by Crippen LogP contribution is 2.25. The van der Waals surface area contributed by atoms with E-state index in [-0.39, 0.29) is 17.9 Å². The Balaban J connectivity index is 2.14. The lowest BCUT2D eigenvalue weighted by Crippen LogP contribution is -2.42. The summed E-state index contributed by atoms with van der Waals surface area (Å²) >= 11 is 0. The summed E-state index contributed by atoms with van der Waals surface area (Å²) in [4.78, 5) is 25.6. The molecule has 21 heavy (non-hydrogen) atoms. The van der Waals surface area contributed by atoms with E-state index in [1.54, 1.807) is 4.90 Å². The third kappa shape index (κ3) is 3.54. The Morgan fingerprint density at radius 3 is 2.76 bits per heavy atom. The van der Waals surface area contributed by atoms with Crippen LogP contribution in [0.25, 0.3) is 0 Å². The summed E-state index contributed by atoms with van der Waals surface area (Å²) in [6, 6.07) is 5.53. The summed E-state index contributed by atoms with van der Waals surface area (Å²) in [5.74, 6) is -0.144. The van der Waals surface area contributed by atoms with Gasteiger partial charge in [0.25, 0.3) is 0 Å². The summed E-state index contributed by atoms with van der Waals surface area (Å²) in [6.45, 7) is 7.00. The number of nitrogens with one attached hydrogen (secondary N) is 2. The predicted octanol–water partition coefficient (Wildman–Crippen LogP) is 2.38. The van der Waals surface area contributed by atoms with Crippen molar-refractivity contribution in [2.24, 2.45) is 0 Å². The molecule has 0 spiro atoms. The molecule has 0 unspecified atom stereocenters. The second-order valence-corrected chi connectivity index (χ2v) is 5.44. The number of benzene rings is 1. The SMILES string of the molecule is CCNc1cc(C)ccc1NC(=O)[C@@H]1CCCN1C(C)=O. The maximum absolute atomic E-state index is 12.4. The third-order valence-corrected chi connectivity index (χ3v) is 3.76. The van der Waals surface area contributed by atoms with E-state index in [4.69, 9.17) is 0 Å². The van der Waals surface area contributed by atoms with Crippen molar-refractivity contribution >= 4 is 23.2 Å². The van der Waals surface area contributed by atoms with E-state index in [0.717, 1.165) is 36.3 Å². The topological polar surface area (TPSA) is 61.4 Å².